The van der Waals surface area contributed by atoms with Gasteiger partial charge < -0.3 is 10.2 Å². The SMILES string of the molecule is CCc1ccccc1N(CC(=O)N(Cc1ccc(Cl)cc1Cl)[C@H](Cc1ccccc1)C(=O)NC)S(=O)(=O)c1ccc(C)cc1. The average molecular weight is 653 g/mol. The van der Waals surface area contributed by atoms with E-state index >= 15 is 0 Å². The summed E-state index contributed by atoms with van der Waals surface area (Å²) in [5, 5.41) is 3.43. The first-order valence-corrected chi connectivity index (χ1v) is 16.4. The van der Waals surface area contributed by atoms with Gasteiger partial charge in [-0.1, -0.05) is 102 Å². The van der Waals surface area contributed by atoms with Gasteiger partial charge in [0.1, 0.15) is 12.6 Å². The summed E-state index contributed by atoms with van der Waals surface area (Å²) in [5.74, 6) is -0.962. The monoisotopic (exact) mass is 651 g/mol. The van der Waals surface area contributed by atoms with E-state index in [1.165, 1.54) is 24.1 Å². The maximum atomic E-state index is 14.5. The number of amides is 2. The second kappa shape index (κ2) is 14.8. The molecule has 10 heteroatoms. The fourth-order valence-corrected chi connectivity index (χ4v) is 6.88. The van der Waals surface area contributed by atoms with Crippen LogP contribution < -0.4 is 9.62 Å². The Morgan fingerprint density at radius 1 is 0.864 bits per heavy atom. The number of hydrogen-bond acceptors (Lipinski definition) is 4. The van der Waals surface area contributed by atoms with Gasteiger partial charge >= 0.3 is 0 Å². The van der Waals surface area contributed by atoms with Crippen molar-refractivity contribution in [2.75, 3.05) is 17.9 Å². The summed E-state index contributed by atoms with van der Waals surface area (Å²) in [4.78, 5) is 29.3. The number of rotatable bonds is 12. The highest BCUT2D eigenvalue weighted by molar-refractivity contribution is 7.92. The molecule has 1 atom stereocenters. The van der Waals surface area contributed by atoms with Gasteiger partial charge in [-0.05, 0) is 60.4 Å². The molecule has 1 N–H and O–H groups in total. The van der Waals surface area contributed by atoms with Crippen molar-refractivity contribution in [1.29, 1.82) is 0 Å². The number of benzene rings is 4. The van der Waals surface area contributed by atoms with Gasteiger partial charge in [-0.25, -0.2) is 8.42 Å². The number of carbonyl (C=O) groups excluding carboxylic acids is 2. The van der Waals surface area contributed by atoms with Crippen molar-refractivity contribution in [3.05, 3.63) is 129 Å². The van der Waals surface area contributed by atoms with Crippen LogP contribution in [0.3, 0.4) is 0 Å². The normalized spacial score (nSPS) is 11.9. The molecule has 0 fully saturated rings. The van der Waals surface area contributed by atoms with Gasteiger partial charge in [0.25, 0.3) is 10.0 Å². The van der Waals surface area contributed by atoms with E-state index < -0.39 is 34.4 Å². The van der Waals surface area contributed by atoms with Gasteiger partial charge in [-0.2, -0.15) is 0 Å². The molecular formula is C34H35Cl2N3O4S. The number of hydrogen-bond donors (Lipinski definition) is 1. The Morgan fingerprint density at radius 2 is 1.52 bits per heavy atom. The van der Waals surface area contributed by atoms with E-state index in [1.54, 1.807) is 42.5 Å². The van der Waals surface area contributed by atoms with Crippen LogP contribution in [-0.4, -0.2) is 44.8 Å². The number of sulfonamides is 1. The molecule has 0 aromatic heterocycles. The van der Waals surface area contributed by atoms with Crippen LogP contribution in [0.5, 0.6) is 0 Å². The summed E-state index contributed by atoms with van der Waals surface area (Å²) < 4.78 is 29.6. The largest absolute Gasteiger partial charge is 0.357 e. The Bertz CT molecular complexity index is 1710. The van der Waals surface area contributed by atoms with Gasteiger partial charge in [0.2, 0.25) is 11.8 Å². The van der Waals surface area contributed by atoms with Crippen molar-refractivity contribution in [2.45, 2.75) is 44.2 Å². The molecule has 230 valence electrons. The van der Waals surface area contributed by atoms with E-state index in [2.05, 4.69) is 5.32 Å². The van der Waals surface area contributed by atoms with Gasteiger partial charge in [-0.15, -0.1) is 0 Å². The molecule has 4 aromatic carbocycles. The summed E-state index contributed by atoms with van der Waals surface area (Å²) in [7, 11) is -2.68. The molecule has 0 radical (unpaired) electrons. The standard InChI is InChI=1S/C34H35Cl2N3O4S/c1-4-26-12-8-9-13-31(26)39(44(42,43)29-18-14-24(2)15-19-29)23-33(40)38(22-27-16-17-28(35)21-30(27)36)32(34(41)37-3)20-25-10-6-5-7-11-25/h5-19,21,32H,4,20,22-23H2,1-3H3,(H,37,41)/t32-/m1/s1. The molecule has 0 aliphatic heterocycles. The predicted molar refractivity (Wildman–Crippen MR) is 177 cm³/mol. The van der Waals surface area contributed by atoms with Crippen LogP contribution >= 0.6 is 23.2 Å². The minimum atomic E-state index is -4.19. The molecule has 2 amide bonds. The fraction of sp³-hybridized carbons (Fsp3) is 0.235. The van der Waals surface area contributed by atoms with Crippen LogP contribution in [0, 0.1) is 6.92 Å². The number of carbonyl (C=O) groups is 2. The van der Waals surface area contributed by atoms with E-state index in [0.29, 0.717) is 27.7 Å². The molecular weight excluding hydrogens is 617 g/mol. The lowest BCUT2D eigenvalue weighted by atomic mass is 10.0. The molecule has 0 aliphatic rings. The third-order valence-electron chi connectivity index (χ3n) is 7.40. The Morgan fingerprint density at radius 3 is 2.16 bits per heavy atom. The van der Waals surface area contributed by atoms with Crippen LogP contribution in [0.25, 0.3) is 0 Å². The second-order valence-corrected chi connectivity index (χ2v) is 13.1. The van der Waals surface area contributed by atoms with Crippen LogP contribution in [0.2, 0.25) is 10.0 Å². The lowest BCUT2D eigenvalue weighted by Crippen LogP contribution is -2.53. The highest BCUT2D eigenvalue weighted by Gasteiger charge is 2.35. The fourth-order valence-electron chi connectivity index (χ4n) is 4.96. The van der Waals surface area contributed by atoms with Crippen molar-refractivity contribution in [1.82, 2.24) is 10.2 Å². The first-order valence-electron chi connectivity index (χ1n) is 14.2. The molecule has 4 rings (SSSR count). The zero-order valence-corrected chi connectivity index (χ0v) is 27.2. The number of likely N-dealkylation sites (N-methyl/N-ethyl adjacent to an activating group) is 1. The van der Waals surface area contributed by atoms with Gasteiger partial charge in [0.05, 0.1) is 10.6 Å². The number of anilines is 1. The molecule has 7 nitrogen and oxygen atoms in total. The smallest absolute Gasteiger partial charge is 0.264 e. The lowest BCUT2D eigenvalue weighted by molar-refractivity contribution is -0.139. The molecule has 0 spiro atoms. The van der Waals surface area contributed by atoms with Crippen LogP contribution in [-0.2, 0) is 39.0 Å². The van der Waals surface area contributed by atoms with Crippen molar-refractivity contribution in [2.24, 2.45) is 0 Å². The average Bonchev–Trinajstić information content (AvgIpc) is 3.02. The Labute approximate surface area is 269 Å². The first-order chi connectivity index (χ1) is 21.0. The van der Waals surface area contributed by atoms with Crippen LogP contribution in [0.15, 0.2) is 102 Å². The molecule has 4 aromatic rings. The van der Waals surface area contributed by atoms with Gasteiger partial charge in [-0.3, -0.25) is 13.9 Å². The number of para-hydroxylation sites is 1. The van der Waals surface area contributed by atoms with E-state index in [1.807, 2.05) is 56.3 Å². The zero-order valence-electron chi connectivity index (χ0n) is 24.8. The Hall–Kier alpha value is -3.85. The van der Waals surface area contributed by atoms with E-state index in [9.17, 15) is 18.0 Å². The molecule has 0 heterocycles. The summed E-state index contributed by atoms with van der Waals surface area (Å²) in [6.45, 7) is 3.21. The number of aryl methyl sites for hydroxylation is 2. The molecule has 0 aliphatic carbocycles. The van der Waals surface area contributed by atoms with E-state index in [-0.39, 0.29) is 17.9 Å². The van der Waals surface area contributed by atoms with E-state index in [0.717, 1.165) is 21.0 Å². The van der Waals surface area contributed by atoms with E-state index in [4.69, 9.17) is 23.2 Å². The Balaban J connectivity index is 1.83. The summed E-state index contributed by atoms with van der Waals surface area (Å²) in [6.07, 6.45) is 0.747. The van der Waals surface area contributed by atoms with Crippen molar-refractivity contribution >= 4 is 50.7 Å². The van der Waals surface area contributed by atoms with Gasteiger partial charge in [0, 0.05) is 30.1 Å². The van der Waals surface area contributed by atoms with Crippen molar-refractivity contribution in [3.63, 3.8) is 0 Å². The highest BCUT2D eigenvalue weighted by atomic mass is 35.5. The van der Waals surface area contributed by atoms with Crippen LogP contribution in [0.1, 0.15) is 29.2 Å². The topological polar surface area (TPSA) is 86.8 Å². The molecule has 44 heavy (non-hydrogen) atoms. The third kappa shape index (κ3) is 7.80. The maximum absolute atomic E-state index is 14.5. The minimum Gasteiger partial charge on any atom is -0.357 e. The molecule has 0 saturated carbocycles. The van der Waals surface area contributed by atoms with Crippen molar-refractivity contribution in [3.8, 4) is 0 Å². The maximum Gasteiger partial charge on any atom is 0.264 e. The predicted octanol–water partition coefficient (Wildman–Crippen LogP) is 6.45. The highest BCUT2D eigenvalue weighted by Crippen LogP contribution is 2.29. The molecule has 0 unspecified atom stereocenters. The van der Waals surface area contributed by atoms with Crippen molar-refractivity contribution < 1.29 is 18.0 Å². The first kappa shape index (κ1) is 33.1. The summed E-state index contributed by atoms with van der Waals surface area (Å²) >= 11 is 12.7. The summed E-state index contributed by atoms with van der Waals surface area (Å²) in [5.41, 5.74) is 3.46. The minimum absolute atomic E-state index is 0.0480. The number of nitrogens with zero attached hydrogens (tertiary/aromatic N) is 2. The summed E-state index contributed by atoms with van der Waals surface area (Å²) in [6, 6.07) is 26.9. The van der Waals surface area contributed by atoms with Gasteiger partial charge in [0.15, 0.2) is 0 Å². The Kier molecular flexibility index (Phi) is 11.1. The molecule has 0 saturated heterocycles. The number of halogens is 2. The second-order valence-electron chi connectivity index (χ2n) is 10.4. The lowest BCUT2D eigenvalue weighted by Gasteiger charge is -2.34. The zero-order chi connectivity index (χ0) is 31.9. The quantitative estimate of drug-likeness (QED) is 0.191. The van der Waals surface area contributed by atoms with Crippen LogP contribution in [0.4, 0.5) is 5.69 Å². The number of nitrogens with one attached hydrogen (secondary N) is 1. The third-order valence-corrected chi connectivity index (χ3v) is 9.76. The molecule has 0 bridgehead atoms.